The van der Waals surface area contributed by atoms with Gasteiger partial charge in [0.25, 0.3) is 0 Å². The van der Waals surface area contributed by atoms with Crippen LogP contribution < -0.4 is 4.98 Å². The smallest absolute Gasteiger partial charge is 0.668 e. The fourth-order valence-electron chi connectivity index (χ4n) is 1.53. The standard InChI is InChI=1S/C11H13N2.2C2H6N.CH3.Ti/c1-11(2,9-5-3-7-12-9)10-6-4-8-13-10;2*1-3-2;;/h3-8,12H,1-2H3;2*1-2H3;1H3;/q4*-1;+4. The Kier molecular flexibility index (Phi) is 17.0. The molecule has 0 unspecified atom stereocenters. The molecule has 0 aliphatic carbocycles. The average Bonchev–Trinajstić information content (AvgIpc) is 3.06. The summed E-state index contributed by atoms with van der Waals surface area (Å²) in [6.45, 7) is 4.34. The molecule has 116 valence electrons. The number of H-pyrrole nitrogens is 1. The molecule has 0 radical (unpaired) electrons. The van der Waals surface area contributed by atoms with Gasteiger partial charge in [0.1, 0.15) is 0 Å². The first-order chi connectivity index (χ1) is 9.04. The van der Waals surface area contributed by atoms with Gasteiger partial charge < -0.3 is 28.0 Å². The van der Waals surface area contributed by atoms with E-state index in [1.165, 1.54) is 5.69 Å². The second-order valence-corrected chi connectivity index (χ2v) is 4.63. The summed E-state index contributed by atoms with van der Waals surface area (Å²) in [5.74, 6) is 0. The number of nitrogens with one attached hydrogen (secondary N) is 1. The molecule has 2 aromatic rings. The van der Waals surface area contributed by atoms with Crippen LogP contribution in [0.15, 0.2) is 36.7 Å². The Bertz CT molecular complexity index is 356. The molecule has 0 amide bonds. The molecule has 21 heavy (non-hydrogen) atoms. The first kappa shape index (κ1) is 25.2. The summed E-state index contributed by atoms with van der Waals surface area (Å²) >= 11 is 0. The van der Waals surface area contributed by atoms with E-state index in [0.29, 0.717) is 0 Å². The molecule has 0 bridgehead atoms. The van der Waals surface area contributed by atoms with Crippen molar-refractivity contribution >= 4 is 0 Å². The van der Waals surface area contributed by atoms with Crippen LogP contribution in [-0.4, -0.2) is 33.2 Å². The van der Waals surface area contributed by atoms with Crippen molar-refractivity contribution in [1.29, 1.82) is 0 Å². The molecule has 0 aliphatic rings. The molecule has 0 aliphatic heterocycles. The van der Waals surface area contributed by atoms with Crippen LogP contribution in [0.5, 0.6) is 0 Å². The summed E-state index contributed by atoms with van der Waals surface area (Å²) < 4.78 is 0. The molecule has 0 atom stereocenters. The van der Waals surface area contributed by atoms with Crippen molar-refractivity contribution < 1.29 is 21.7 Å². The molecule has 1 N–H and O–H groups in total. The summed E-state index contributed by atoms with van der Waals surface area (Å²) in [6, 6.07) is 8.13. The molecule has 0 fully saturated rings. The molecule has 2 heterocycles. The third kappa shape index (κ3) is 8.94. The number of aromatic amines is 1. The van der Waals surface area contributed by atoms with Gasteiger partial charge in [0.05, 0.1) is 0 Å². The Morgan fingerprint density at radius 1 is 1.00 bits per heavy atom. The molecule has 0 spiro atoms. The van der Waals surface area contributed by atoms with E-state index in [9.17, 15) is 0 Å². The zero-order valence-electron chi connectivity index (χ0n) is 14.3. The predicted molar refractivity (Wildman–Crippen MR) is 89.5 cm³/mol. The Hall–Kier alpha value is -0.806. The van der Waals surface area contributed by atoms with Crippen molar-refractivity contribution in [2.45, 2.75) is 19.3 Å². The second kappa shape index (κ2) is 14.1. The van der Waals surface area contributed by atoms with Gasteiger partial charge in [-0.1, -0.05) is 26.0 Å². The number of hydrogen-bond acceptors (Lipinski definition) is 0. The van der Waals surface area contributed by atoms with Crippen molar-refractivity contribution in [2.24, 2.45) is 0 Å². The number of nitrogens with zero attached hydrogens (tertiary/aromatic N) is 3. The van der Waals surface area contributed by atoms with E-state index < -0.39 is 0 Å². The van der Waals surface area contributed by atoms with Gasteiger partial charge in [-0.2, -0.15) is 34.4 Å². The van der Waals surface area contributed by atoms with Gasteiger partial charge >= 0.3 is 21.7 Å². The molecule has 0 saturated heterocycles. The second-order valence-electron chi connectivity index (χ2n) is 4.63. The Balaban J connectivity index is -0.000000355. The number of hydrogen-bond donors (Lipinski definition) is 1. The van der Waals surface area contributed by atoms with E-state index in [0.717, 1.165) is 5.69 Å². The molecular formula is C16H28N4Ti. The van der Waals surface area contributed by atoms with Crippen molar-refractivity contribution in [3.05, 3.63) is 66.1 Å². The van der Waals surface area contributed by atoms with Gasteiger partial charge in [0, 0.05) is 17.3 Å². The summed E-state index contributed by atoms with van der Waals surface area (Å²) in [7, 11) is 7.00. The van der Waals surface area contributed by atoms with Crippen LogP contribution in [0.1, 0.15) is 25.2 Å². The van der Waals surface area contributed by atoms with Crippen molar-refractivity contribution in [2.75, 3.05) is 28.2 Å². The average molecular weight is 324 g/mol. The third-order valence-corrected chi connectivity index (χ3v) is 2.47. The molecule has 4 nitrogen and oxygen atoms in total. The van der Waals surface area contributed by atoms with E-state index in [1.54, 1.807) is 28.2 Å². The van der Waals surface area contributed by atoms with Crippen LogP contribution in [-0.2, 0) is 27.1 Å². The van der Waals surface area contributed by atoms with Crippen LogP contribution in [0, 0.1) is 7.43 Å². The van der Waals surface area contributed by atoms with Crippen LogP contribution in [0.3, 0.4) is 0 Å². The summed E-state index contributed by atoms with van der Waals surface area (Å²) in [4.78, 5) is 7.55. The fraction of sp³-hybridized carbons (Fsp3) is 0.438. The van der Waals surface area contributed by atoms with Crippen LogP contribution in [0.2, 0.25) is 0 Å². The molecule has 2 aromatic heterocycles. The van der Waals surface area contributed by atoms with E-state index >= 15 is 0 Å². The van der Waals surface area contributed by atoms with E-state index in [2.05, 4.69) is 46.6 Å². The number of rotatable bonds is 2. The van der Waals surface area contributed by atoms with E-state index in [1.807, 2.05) is 24.5 Å². The maximum atomic E-state index is 4.32. The Morgan fingerprint density at radius 3 is 1.86 bits per heavy atom. The molecule has 0 aromatic carbocycles. The Morgan fingerprint density at radius 2 is 1.52 bits per heavy atom. The molecule has 0 saturated carbocycles. The third-order valence-electron chi connectivity index (χ3n) is 2.47. The van der Waals surface area contributed by atoms with Gasteiger partial charge in [0.2, 0.25) is 0 Å². The van der Waals surface area contributed by atoms with Gasteiger partial charge in [0.15, 0.2) is 0 Å². The zero-order valence-corrected chi connectivity index (χ0v) is 15.9. The normalized spacial score (nSPS) is 9.05. The maximum absolute atomic E-state index is 4.32. The van der Waals surface area contributed by atoms with Crippen LogP contribution >= 0.6 is 0 Å². The van der Waals surface area contributed by atoms with Crippen molar-refractivity contribution in [3.8, 4) is 0 Å². The maximum Gasteiger partial charge on any atom is 4.00 e. The number of aromatic nitrogens is 2. The van der Waals surface area contributed by atoms with E-state index in [4.69, 9.17) is 0 Å². The fourth-order valence-corrected chi connectivity index (χ4v) is 1.53. The minimum atomic E-state index is -0.0208. The van der Waals surface area contributed by atoms with Gasteiger partial charge in [-0.15, -0.1) is 5.69 Å². The van der Waals surface area contributed by atoms with Gasteiger partial charge in [-0.25, -0.2) is 0 Å². The van der Waals surface area contributed by atoms with Crippen molar-refractivity contribution in [3.63, 3.8) is 0 Å². The van der Waals surface area contributed by atoms with Crippen molar-refractivity contribution in [1.82, 2.24) is 9.97 Å². The first-order valence-corrected chi connectivity index (χ1v) is 6.22. The summed E-state index contributed by atoms with van der Waals surface area (Å²) in [5.41, 5.74) is 2.29. The Labute approximate surface area is 145 Å². The summed E-state index contributed by atoms with van der Waals surface area (Å²) in [6.07, 6.45) is 3.78. The molecular weight excluding hydrogens is 296 g/mol. The largest absolute Gasteiger partial charge is 4.00 e. The van der Waals surface area contributed by atoms with Crippen LogP contribution in [0.25, 0.3) is 10.6 Å². The predicted octanol–water partition coefficient (Wildman–Crippen LogP) is 3.98. The minimum absolute atomic E-state index is 0. The quantitative estimate of drug-likeness (QED) is 0.659. The first-order valence-electron chi connectivity index (χ1n) is 6.22. The van der Waals surface area contributed by atoms with Gasteiger partial charge in [-0.05, 0) is 12.1 Å². The molecule has 2 rings (SSSR count). The summed E-state index contributed by atoms with van der Waals surface area (Å²) in [5, 5.41) is 7.00. The SMILES string of the molecule is CC(C)(c1ccc[n-]1)c1ccc[nH]1.C[N-]C.C[N-]C.[CH3-].[Ti+4]. The van der Waals surface area contributed by atoms with E-state index in [-0.39, 0.29) is 34.6 Å². The zero-order chi connectivity index (χ0) is 14.7. The topological polar surface area (TPSA) is 58.1 Å². The monoisotopic (exact) mass is 324 g/mol. The van der Waals surface area contributed by atoms with Gasteiger partial charge in [-0.3, -0.25) is 0 Å². The molecule has 5 heteroatoms. The van der Waals surface area contributed by atoms with Crippen LogP contribution in [0.4, 0.5) is 0 Å². The minimum Gasteiger partial charge on any atom is -0.668 e.